The standard InChI is InChI=1S/C13H20N4O/c1-2-16-6-8-17(9-7-16)13-14-11-5-3-4-10(11)12(18)15-13/h10H,2-9H2,1H3. The summed E-state index contributed by atoms with van der Waals surface area (Å²) >= 11 is 0. The van der Waals surface area contributed by atoms with E-state index in [1.807, 2.05) is 0 Å². The normalized spacial score (nSPS) is 29.1. The molecule has 1 amide bonds. The molecule has 3 rings (SSSR count). The van der Waals surface area contributed by atoms with Crippen molar-refractivity contribution in [2.24, 2.45) is 15.9 Å². The van der Waals surface area contributed by atoms with Gasteiger partial charge in [-0.3, -0.25) is 4.79 Å². The molecule has 0 bridgehead atoms. The van der Waals surface area contributed by atoms with E-state index in [1.165, 1.54) is 0 Å². The van der Waals surface area contributed by atoms with Crippen molar-refractivity contribution in [3.05, 3.63) is 0 Å². The number of fused-ring (bicyclic) bond motifs is 1. The monoisotopic (exact) mass is 248 g/mol. The quantitative estimate of drug-likeness (QED) is 0.688. The summed E-state index contributed by atoms with van der Waals surface area (Å²) in [5.74, 6) is 0.708. The van der Waals surface area contributed by atoms with E-state index in [2.05, 4.69) is 26.7 Å². The number of piperazine rings is 1. The summed E-state index contributed by atoms with van der Waals surface area (Å²) in [6.45, 7) is 7.22. The van der Waals surface area contributed by atoms with Gasteiger partial charge in [0.25, 0.3) is 5.91 Å². The fourth-order valence-corrected chi connectivity index (χ4v) is 2.96. The number of aliphatic imine (C=N–C) groups is 2. The molecule has 1 unspecified atom stereocenters. The van der Waals surface area contributed by atoms with Crippen LogP contribution in [0.25, 0.3) is 0 Å². The minimum absolute atomic E-state index is 0.00526. The molecule has 0 aromatic rings. The molecule has 1 aliphatic carbocycles. The van der Waals surface area contributed by atoms with Gasteiger partial charge in [0.15, 0.2) is 0 Å². The van der Waals surface area contributed by atoms with Gasteiger partial charge in [-0.25, -0.2) is 4.99 Å². The maximum absolute atomic E-state index is 11.9. The van der Waals surface area contributed by atoms with Gasteiger partial charge in [-0.05, 0) is 25.8 Å². The van der Waals surface area contributed by atoms with Crippen LogP contribution in [0.3, 0.4) is 0 Å². The Kier molecular flexibility index (Phi) is 3.16. The Morgan fingerprint density at radius 2 is 2.00 bits per heavy atom. The zero-order valence-corrected chi connectivity index (χ0v) is 10.9. The molecule has 2 heterocycles. The van der Waals surface area contributed by atoms with E-state index in [0.717, 1.165) is 57.7 Å². The highest BCUT2D eigenvalue weighted by molar-refractivity contribution is 6.16. The summed E-state index contributed by atoms with van der Waals surface area (Å²) < 4.78 is 0. The van der Waals surface area contributed by atoms with Crippen LogP contribution in [0.1, 0.15) is 26.2 Å². The number of amides is 1. The van der Waals surface area contributed by atoms with E-state index in [9.17, 15) is 4.79 Å². The molecule has 3 aliphatic rings. The Balaban J connectivity index is 1.72. The van der Waals surface area contributed by atoms with Gasteiger partial charge in [0.05, 0.1) is 5.92 Å². The largest absolute Gasteiger partial charge is 0.338 e. The first-order valence-corrected chi connectivity index (χ1v) is 6.95. The van der Waals surface area contributed by atoms with E-state index in [1.54, 1.807) is 0 Å². The molecule has 1 saturated carbocycles. The topological polar surface area (TPSA) is 48.3 Å². The van der Waals surface area contributed by atoms with Gasteiger partial charge in [-0.1, -0.05) is 6.92 Å². The lowest BCUT2D eigenvalue weighted by molar-refractivity contribution is -0.119. The summed E-state index contributed by atoms with van der Waals surface area (Å²) in [6, 6.07) is 0. The van der Waals surface area contributed by atoms with E-state index in [-0.39, 0.29) is 11.8 Å². The summed E-state index contributed by atoms with van der Waals surface area (Å²) in [7, 11) is 0. The molecule has 0 spiro atoms. The number of hydrogen-bond donors (Lipinski definition) is 0. The Labute approximate surface area is 108 Å². The minimum Gasteiger partial charge on any atom is -0.338 e. The highest BCUT2D eigenvalue weighted by Gasteiger charge is 2.34. The van der Waals surface area contributed by atoms with E-state index < -0.39 is 0 Å². The van der Waals surface area contributed by atoms with Gasteiger partial charge in [0.2, 0.25) is 5.96 Å². The van der Waals surface area contributed by atoms with Crippen molar-refractivity contribution in [1.29, 1.82) is 0 Å². The molecule has 18 heavy (non-hydrogen) atoms. The van der Waals surface area contributed by atoms with Gasteiger partial charge in [-0.15, -0.1) is 0 Å². The third kappa shape index (κ3) is 2.07. The van der Waals surface area contributed by atoms with Crippen LogP contribution in [0.15, 0.2) is 9.98 Å². The van der Waals surface area contributed by atoms with E-state index in [0.29, 0.717) is 5.96 Å². The Morgan fingerprint density at radius 3 is 2.72 bits per heavy atom. The number of likely N-dealkylation sites (N-methyl/N-ethyl adjacent to an activating group) is 1. The predicted octanol–water partition coefficient (Wildman–Crippen LogP) is 0.761. The smallest absolute Gasteiger partial charge is 0.257 e. The van der Waals surface area contributed by atoms with Crippen LogP contribution < -0.4 is 0 Å². The van der Waals surface area contributed by atoms with Crippen LogP contribution in [-0.2, 0) is 4.79 Å². The fraction of sp³-hybridized carbons (Fsp3) is 0.769. The lowest BCUT2D eigenvalue weighted by atomic mass is 10.1. The molecule has 2 fully saturated rings. The second kappa shape index (κ2) is 4.80. The number of carbonyl (C=O) groups excluding carboxylic acids is 1. The molecule has 5 heteroatoms. The van der Waals surface area contributed by atoms with Crippen LogP contribution in [0.5, 0.6) is 0 Å². The van der Waals surface area contributed by atoms with Crippen molar-refractivity contribution >= 4 is 17.6 Å². The van der Waals surface area contributed by atoms with E-state index >= 15 is 0 Å². The first kappa shape index (κ1) is 11.8. The average molecular weight is 248 g/mol. The molecule has 1 saturated heterocycles. The van der Waals surface area contributed by atoms with Gasteiger partial charge in [0, 0.05) is 31.9 Å². The highest BCUT2D eigenvalue weighted by atomic mass is 16.1. The van der Waals surface area contributed by atoms with Gasteiger partial charge in [0.1, 0.15) is 0 Å². The van der Waals surface area contributed by atoms with Gasteiger partial charge >= 0.3 is 0 Å². The first-order chi connectivity index (χ1) is 8.78. The molecule has 98 valence electrons. The third-order valence-corrected chi connectivity index (χ3v) is 4.18. The van der Waals surface area contributed by atoms with Crippen LogP contribution in [0, 0.1) is 5.92 Å². The molecular formula is C13H20N4O. The lowest BCUT2D eigenvalue weighted by Gasteiger charge is -2.35. The Bertz CT molecular complexity index is 407. The Morgan fingerprint density at radius 1 is 1.22 bits per heavy atom. The van der Waals surface area contributed by atoms with Crippen LogP contribution >= 0.6 is 0 Å². The molecule has 2 aliphatic heterocycles. The van der Waals surface area contributed by atoms with E-state index in [4.69, 9.17) is 0 Å². The second-order valence-electron chi connectivity index (χ2n) is 5.22. The number of nitrogens with zero attached hydrogens (tertiary/aromatic N) is 4. The molecule has 0 aromatic heterocycles. The van der Waals surface area contributed by atoms with Gasteiger partial charge < -0.3 is 9.80 Å². The number of guanidine groups is 1. The minimum atomic E-state index is 0.00526. The number of rotatable bonds is 1. The highest BCUT2D eigenvalue weighted by Crippen LogP contribution is 2.27. The Hall–Kier alpha value is -1.23. The SMILES string of the molecule is CCN1CCN(C2=NC(=O)C3CCCC3=N2)CC1. The summed E-state index contributed by atoms with van der Waals surface area (Å²) in [5, 5.41) is 0. The molecular weight excluding hydrogens is 228 g/mol. The summed E-state index contributed by atoms with van der Waals surface area (Å²) in [4.78, 5) is 25.3. The summed E-state index contributed by atoms with van der Waals surface area (Å²) in [6.07, 6.45) is 3.00. The van der Waals surface area contributed by atoms with Crippen molar-refractivity contribution in [2.75, 3.05) is 32.7 Å². The number of hydrogen-bond acceptors (Lipinski definition) is 4. The van der Waals surface area contributed by atoms with Crippen molar-refractivity contribution in [3.63, 3.8) is 0 Å². The average Bonchev–Trinajstić information content (AvgIpc) is 2.88. The molecule has 1 atom stereocenters. The maximum Gasteiger partial charge on any atom is 0.257 e. The third-order valence-electron chi connectivity index (χ3n) is 4.18. The predicted molar refractivity (Wildman–Crippen MR) is 70.9 cm³/mol. The van der Waals surface area contributed by atoms with Crippen LogP contribution in [0.2, 0.25) is 0 Å². The first-order valence-electron chi connectivity index (χ1n) is 6.95. The summed E-state index contributed by atoms with van der Waals surface area (Å²) in [5.41, 5.74) is 1.07. The van der Waals surface area contributed by atoms with Crippen LogP contribution in [-0.4, -0.2) is 60.1 Å². The number of carbonyl (C=O) groups is 1. The second-order valence-corrected chi connectivity index (χ2v) is 5.22. The lowest BCUT2D eigenvalue weighted by Crippen LogP contribution is -2.49. The van der Waals surface area contributed by atoms with Crippen LogP contribution in [0.4, 0.5) is 0 Å². The maximum atomic E-state index is 11.9. The zero-order valence-electron chi connectivity index (χ0n) is 10.9. The molecule has 0 N–H and O–H groups in total. The van der Waals surface area contributed by atoms with Crippen molar-refractivity contribution in [1.82, 2.24) is 9.80 Å². The van der Waals surface area contributed by atoms with Crippen molar-refractivity contribution in [3.8, 4) is 0 Å². The molecule has 5 nitrogen and oxygen atoms in total. The zero-order chi connectivity index (χ0) is 12.5. The molecule has 0 radical (unpaired) electrons. The van der Waals surface area contributed by atoms with Gasteiger partial charge in [-0.2, -0.15) is 4.99 Å². The molecule has 0 aromatic carbocycles. The van der Waals surface area contributed by atoms with Crippen molar-refractivity contribution < 1.29 is 4.79 Å². The van der Waals surface area contributed by atoms with Crippen molar-refractivity contribution in [2.45, 2.75) is 26.2 Å². The fourth-order valence-electron chi connectivity index (χ4n) is 2.96.